The van der Waals surface area contributed by atoms with Crippen molar-refractivity contribution in [2.75, 3.05) is 26.2 Å². The van der Waals surface area contributed by atoms with Crippen LogP contribution in [0.4, 0.5) is 0 Å². The van der Waals surface area contributed by atoms with Gasteiger partial charge in [0.2, 0.25) is 5.91 Å². The number of rotatable bonds is 6. The third kappa shape index (κ3) is 4.48. The zero-order valence-corrected chi connectivity index (χ0v) is 11.1. The lowest BCUT2D eigenvalue weighted by atomic mass is 9.87. The van der Waals surface area contributed by atoms with Crippen molar-refractivity contribution in [2.24, 2.45) is 5.41 Å². The van der Waals surface area contributed by atoms with Crippen LogP contribution in [0.15, 0.2) is 11.1 Å². The minimum atomic E-state index is 0.0403. The second-order valence-electron chi connectivity index (χ2n) is 5.51. The second kappa shape index (κ2) is 6.17. The van der Waals surface area contributed by atoms with E-state index in [0.29, 0.717) is 6.54 Å². The predicted molar refractivity (Wildman–Crippen MR) is 68.7 cm³/mol. The van der Waals surface area contributed by atoms with Crippen molar-refractivity contribution in [3.8, 4) is 0 Å². The maximum absolute atomic E-state index is 11.9. The molecule has 1 heterocycles. The molecule has 0 spiro atoms. The summed E-state index contributed by atoms with van der Waals surface area (Å²) >= 11 is 0. The van der Waals surface area contributed by atoms with Crippen LogP contribution in [0.1, 0.15) is 33.6 Å². The molecule has 0 aliphatic carbocycles. The van der Waals surface area contributed by atoms with Crippen LogP contribution in [0, 0.1) is 5.41 Å². The monoisotopic (exact) mass is 240 g/mol. The molecule has 1 aliphatic heterocycles. The molecule has 4 heteroatoms. The van der Waals surface area contributed by atoms with Gasteiger partial charge in [0.05, 0.1) is 0 Å². The number of aliphatic hydroxyl groups excluding tert-OH is 1. The van der Waals surface area contributed by atoms with Crippen LogP contribution in [0.3, 0.4) is 0 Å². The molecule has 0 bridgehead atoms. The summed E-state index contributed by atoms with van der Waals surface area (Å²) in [6.45, 7) is 8.65. The van der Waals surface area contributed by atoms with Gasteiger partial charge in [-0.05, 0) is 30.8 Å². The van der Waals surface area contributed by atoms with E-state index in [1.165, 1.54) is 5.57 Å². The molecule has 1 aliphatic rings. The van der Waals surface area contributed by atoms with Gasteiger partial charge in [-0.3, -0.25) is 4.79 Å². The SMILES string of the molecule is CC(C(=O)NCC(C)(C)CCCO)=C1CNC1. The first kappa shape index (κ1) is 14.2. The van der Waals surface area contributed by atoms with E-state index in [1.54, 1.807) is 0 Å². The molecule has 3 N–H and O–H groups in total. The number of hydrogen-bond donors (Lipinski definition) is 3. The lowest BCUT2D eigenvalue weighted by Crippen LogP contribution is -2.39. The lowest BCUT2D eigenvalue weighted by Gasteiger charge is -2.26. The van der Waals surface area contributed by atoms with Gasteiger partial charge in [0.25, 0.3) is 0 Å². The number of carbonyl (C=O) groups is 1. The Morgan fingerprint density at radius 3 is 2.59 bits per heavy atom. The summed E-state index contributed by atoms with van der Waals surface area (Å²) < 4.78 is 0. The molecule has 0 aromatic rings. The Bertz CT molecular complexity index is 303. The van der Waals surface area contributed by atoms with Gasteiger partial charge in [-0.2, -0.15) is 0 Å². The molecule has 0 radical (unpaired) electrons. The number of amides is 1. The van der Waals surface area contributed by atoms with Gasteiger partial charge < -0.3 is 15.7 Å². The highest BCUT2D eigenvalue weighted by Crippen LogP contribution is 2.21. The van der Waals surface area contributed by atoms with Crippen LogP contribution in [-0.2, 0) is 4.79 Å². The summed E-state index contributed by atoms with van der Waals surface area (Å²) in [5.41, 5.74) is 2.10. The molecular formula is C13H24N2O2. The Hall–Kier alpha value is -0.870. The van der Waals surface area contributed by atoms with Crippen LogP contribution in [0.5, 0.6) is 0 Å². The first-order chi connectivity index (χ1) is 7.96. The highest BCUT2D eigenvalue weighted by molar-refractivity contribution is 5.93. The molecule has 17 heavy (non-hydrogen) atoms. The molecule has 1 rings (SSSR count). The number of hydrogen-bond acceptors (Lipinski definition) is 3. The van der Waals surface area contributed by atoms with Gasteiger partial charge in [-0.15, -0.1) is 0 Å². The van der Waals surface area contributed by atoms with Gasteiger partial charge in [-0.25, -0.2) is 0 Å². The van der Waals surface area contributed by atoms with E-state index in [0.717, 1.165) is 31.5 Å². The molecule has 98 valence electrons. The van der Waals surface area contributed by atoms with Gasteiger partial charge in [0, 0.05) is 31.8 Å². The van der Waals surface area contributed by atoms with Crippen molar-refractivity contribution in [1.82, 2.24) is 10.6 Å². The summed E-state index contributed by atoms with van der Waals surface area (Å²) in [7, 11) is 0. The van der Waals surface area contributed by atoms with Crippen molar-refractivity contribution in [3.63, 3.8) is 0 Å². The van der Waals surface area contributed by atoms with Crippen LogP contribution >= 0.6 is 0 Å². The summed E-state index contributed by atoms with van der Waals surface area (Å²) in [6, 6.07) is 0. The molecule has 0 atom stereocenters. The fourth-order valence-corrected chi connectivity index (χ4v) is 1.77. The maximum Gasteiger partial charge on any atom is 0.246 e. The fraction of sp³-hybridized carbons (Fsp3) is 0.769. The molecule has 0 aromatic carbocycles. The minimum absolute atomic E-state index is 0.0403. The van der Waals surface area contributed by atoms with Crippen molar-refractivity contribution < 1.29 is 9.90 Å². The highest BCUT2D eigenvalue weighted by Gasteiger charge is 2.20. The van der Waals surface area contributed by atoms with E-state index in [2.05, 4.69) is 24.5 Å². The Morgan fingerprint density at radius 2 is 2.12 bits per heavy atom. The predicted octanol–water partition coefficient (Wildman–Crippen LogP) is 0.821. The van der Waals surface area contributed by atoms with E-state index >= 15 is 0 Å². The quantitative estimate of drug-likeness (QED) is 0.602. The van der Waals surface area contributed by atoms with Crippen molar-refractivity contribution in [3.05, 3.63) is 11.1 Å². The van der Waals surface area contributed by atoms with Crippen molar-refractivity contribution >= 4 is 5.91 Å². The second-order valence-corrected chi connectivity index (χ2v) is 5.51. The van der Waals surface area contributed by atoms with Gasteiger partial charge in [-0.1, -0.05) is 13.8 Å². The van der Waals surface area contributed by atoms with E-state index in [9.17, 15) is 4.79 Å². The normalized spacial score (nSPS) is 15.4. The Balaban J connectivity index is 2.37. The van der Waals surface area contributed by atoms with Crippen molar-refractivity contribution in [1.29, 1.82) is 0 Å². The molecule has 1 amide bonds. The Morgan fingerprint density at radius 1 is 1.47 bits per heavy atom. The van der Waals surface area contributed by atoms with Crippen LogP contribution in [-0.4, -0.2) is 37.3 Å². The first-order valence-electron chi connectivity index (χ1n) is 6.25. The maximum atomic E-state index is 11.9. The van der Waals surface area contributed by atoms with Crippen molar-refractivity contribution in [2.45, 2.75) is 33.6 Å². The molecular weight excluding hydrogens is 216 g/mol. The van der Waals surface area contributed by atoms with Gasteiger partial charge in [0.15, 0.2) is 0 Å². The Labute approximate surface area is 103 Å². The molecule has 4 nitrogen and oxygen atoms in total. The molecule has 0 aromatic heterocycles. The van der Waals surface area contributed by atoms with Crippen LogP contribution in [0.25, 0.3) is 0 Å². The average molecular weight is 240 g/mol. The summed E-state index contributed by atoms with van der Waals surface area (Å²) in [4.78, 5) is 11.9. The third-order valence-corrected chi connectivity index (χ3v) is 3.29. The van der Waals surface area contributed by atoms with E-state index < -0.39 is 0 Å². The number of aliphatic hydroxyl groups is 1. The average Bonchev–Trinajstić information content (AvgIpc) is 2.21. The van der Waals surface area contributed by atoms with Gasteiger partial charge in [0.1, 0.15) is 0 Å². The smallest absolute Gasteiger partial charge is 0.246 e. The molecule has 1 saturated heterocycles. The van der Waals surface area contributed by atoms with Crippen LogP contribution < -0.4 is 10.6 Å². The zero-order valence-electron chi connectivity index (χ0n) is 11.1. The van der Waals surface area contributed by atoms with E-state index in [4.69, 9.17) is 5.11 Å². The van der Waals surface area contributed by atoms with Gasteiger partial charge >= 0.3 is 0 Å². The first-order valence-corrected chi connectivity index (χ1v) is 6.25. The fourth-order valence-electron chi connectivity index (χ4n) is 1.77. The summed E-state index contributed by atoms with van der Waals surface area (Å²) in [5.74, 6) is 0.0403. The topological polar surface area (TPSA) is 61.4 Å². The Kier molecular flexibility index (Phi) is 5.15. The molecule has 1 fully saturated rings. The van der Waals surface area contributed by atoms with E-state index in [-0.39, 0.29) is 17.9 Å². The minimum Gasteiger partial charge on any atom is -0.396 e. The standard InChI is InChI=1S/C13H24N2O2/c1-10(11-7-14-8-11)12(17)15-9-13(2,3)5-4-6-16/h14,16H,4-9H2,1-3H3,(H,15,17). The summed E-state index contributed by atoms with van der Waals surface area (Å²) in [5, 5.41) is 14.9. The third-order valence-electron chi connectivity index (χ3n) is 3.29. The molecule has 0 unspecified atom stereocenters. The number of carbonyl (C=O) groups excluding carboxylic acids is 1. The lowest BCUT2D eigenvalue weighted by molar-refractivity contribution is -0.118. The summed E-state index contributed by atoms with van der Waals surface area (Å²) in [6.07, 6.45) is 1.70. The van der Waals surface area contributed by atoms with E-state index in [1.807, 2.05) is 6.92 Å². The molecule has 0 saturated carbocycles. The zero-order chi connectivity index (χ0) is 12.9. The highest BCUT2D eigenvalue weighted by atomic mass is 16.2. The largest absolute Gasteiger partial charge is 0.396 e. The van der Waals surface area contributed by atoms with Crippen LogP contribution in [0.2, 0.25) is 0 Å². The number of nitrogens with one attached hydrogen (secondary N) is 2.